The number of ether oxygens (including phenoxy) is 3. The molecule has 0 bridgehead atoms. The van der Waals surface area contributed by atoms with Gasteiger partial charge in [0.05, 0.1) is 26.4 Å². The number of furan rings is 1. The van der Waals surface area contributed by atoms with Gasteiger partial charge in [-0.3, -0.25) is 4.79 Å². The van der Waals surface area contributed by atoms with Crippen molar-refractivity contribution >= 4 is 22.8 Å². The summed E-state index contributed by atoms with van der Waals surface area (Å²) in [6.45, 7) is 5.83. The van der Waals surface area contributed by atoms with Crippen LogP contribution in [0.5, 0.6) is 11.5 Å². The van der Waals surface area contributed by atoms with E-state index in [1.54, 1.807) is 28.1 Å². The van der Waals surface area contributed by atoms with Crippen molar-refractivity contribution in [2.24, 2.45) is 0 Å². The van der Waals surface area contributed by atoms with Crippen molar-refractivity contribution in [3.8, 4) is 11.5 Å². The van der Waals surface area contributed by atoms with Crippen molar-refractivity contribution in [2.75, 3.05) is 20.8 Å². The summed E-state index contributed by atoms with van der Waals surface area (Å²) < 4.78 is 21.8. The van der Waals surface area contributed by atoms with Gasteiger partial charge >= 0.3 is 5.97 Å². The molecule has 1 atom stereocenters. The molecule has 1 aromatic heterocycles. The van der Waals surface area contributed by atoms with Crippen molar-refractivity contribution in [3.05, 3.63) is 59.4 Å². The van der Waals surface area contributed by atoms with Crippen molar-refractivity contribution in [2.45, 2.75) is 77.4 Å². The first-order chi connectivity index (χ1) is 18.6. The molecule has 3 aromatic rings. The van der Waals surface area contributed by atoms with Crippen LogP contribution in [-0.4, -0.2) is 49.5 Å². The van der Waals surface area contributed by atoms with E-state index in [0.29, 0.717) is 48.0 Å². The maximum Gasteiger partial charge on any atom is 0.342 e. The Bertz CT molecular complexity index is 1220. The third kappa shape index (κ3) is 9.32. The minimum atomic E-state index is -0.697. The number of hydrogen-bond acceptors (Lipinski definition) is 7. The summed E-state index contributed by atoms with van der Waals surface area (Å²) in [6.07, 6.45) is 5.96. The van der Waals surface area contributed by atoms with Gasteiger partial charge in [-0.2, -0.15) is 0 Å². The number of nitrogens with one attached hydrogen (secondary N) is 1. The number of benzene rings is 2. The molecule has 3 rings (SSSR count). The third-order valence-corrected chi connectivity index (χ3v) is 6.62. The van der Waals surface area contributed by atoms with E-state index in [2.05, 4.69) is 5.32 Å². The highest BCUT2D eigenvalue weighted by atomic mass is 16.5. The maximum atomic E-state index is 12.8. The average Bonchev–Trinajstić information content (AvgIpc) is 3.33. The summed E-state index contributed by atoms with van der Waals surface area (Å²) in [6, 6.07) is 11.5. The lowest BCUT2D eigenvalue weighted by molar-refractivity contribution is -0.121. The van der Waals surface area contributed by atoms with Crippen LogP contribution in [0, 0.1) is 0 Å². The van der Waals surface area contributed by atoms with Gasteiger partial charge in [0, 0.05) is 17.8 Å². The molecule has 0 saturated carbocycles. The fourth-order valence-electron chi connectivity index (χ4n) is 4.45. The predicted molar refractivity (Wildman–Crippen MR) is 150 cm³/mol. The summed E-state index contributed by atoms with van der Waals surface area (Å²) in [5.41, 5.74) is 2.11. The van der Waals surface area contributed by atoms with Gasteiger partial charge in [0.1, 0.15) is 17.6 Å². The molecule has 2 N–H and O–H groups in total. The van der Waals surface area contributed by atoms with E-state index in [1.165, 1.54) is 6.26 Å². The second-order valence-corrected chi connectivity index (χ2v) is 10.6. The molecule has 0 aliphatic heterocycles. The van der Waals surface area contributed by atoms with Crippen molar-refractivity contribution in [1.29, 1.82) is 0 Å². The quantitative estimate of drug-likeness (QED) is 0.191. The molecule has 0 aliphatic rings. The van der Waals surface area contributed by atoms with Crippen LogP contribution < -0.4 is 14.8 Å². The number of fused-ring (bicyclic) bond motifs is 1. The number of hydrogen-bond donors (Lipinski definition) is 2. The number of methoxy groups -OCH3 is 2. The van der Waals surface area contributed by atoms with E-state index in [-0.39, 0.29) is 18.6 Å². The number of aliphatic hydroxyl groups is 1. The summed E-state index contributed by atoms with van der Waals surface area (Å²) >= 11 is 0. The van der Waals surface area contributed by atoms with E-state index in [9.17, 15) is 14.7 Å². The van der Waals surface area contributed by atoms with Crippen LogP contribution in [-0.2, 0) is 22.4 Å². The van der Waals surface area contributed by atoms with Gasteiger partial charge in [-0.1, -0.05) is 12.1 Å². The molecule has 1 heterocycles. The van der Waals surface area contributed by atoms with Gasteiger partial charge in [-0.15, -0.1) is 0 Å². The molecule has 1 amide bonds. The average molecular weight is 540 g/mol. The lowest BCUT2D eigenvalue weighted by atomic mass is 9.99. The van der Waals surface area contributed by atoms with Crippen LogP contribution in [0.25, 0.3) is 11.0 Å². The SMILES string of the molecule is COc1ccc(CCCOC(=O)c2coc3c(OC)cc(CCC(=O)NC(C)CCCC(C)(C)O)cc23)cc1. The highest BCUT2D eigenvalue weighted by molar-refractivity contribution is 6.04. The normalized spacial score (nSPS) is 12.3. The third-order valence-electron chi connectivity index (χ3n) is 6.62. The van der Waals surface area contributed by atoms with Crippen molar-refractivity contribution in [1.82, 2.24) is 5.32 Å². The molecular formula is C31H41NO7. The van der Waals surface area contributed by atoms with Crippen LogP contribution in [0.15, 0.2) is 47.1 Å². The zero-order chi connectivity index (χ0) is 28.4. The number of carbonyl (C=O) groups excluding carboxylic acids is 2. The highest BCUT2D eigenvalue weighted by Gasteiger charge is 2.20. The number of carbonyl (C=O) groups is 2. The Kier molecular flexibility index (Phi) is 10.8. The summed E-state index contributed by atoms with van der Waals surface area (Å²) in [4.78, 5) is 25.4. The van der Waals surface area contributed by atoms with E-state index in [4.69, 9.17) is 18.6 Å². The molecule has 1 unspecified atom stereocenters. The second kappa shape index (κ2) is 14.0. The summed E-state index contributed by atoms with van der Waals surface area (Å²) in [5, 5.41) is 13.5. The molecule has 2 aromatic carbocycles. The largest absolute Gasteiger partial charge is 0.497 e. The number of rotatable bonds is 15. The number of amides is 1. The topological polar surface area (TPSA) is 107 Å². The van der Waals surface area contributed by atoms with Crippen molar-refractivity contribution < 1.29 is 33.3 Å². The molecule has 8 heteroatoms. The summed E-state index contributed by atoms with van der Waals surface area (Å²) in [5.74, 6) is 0.802. The van der Waals surface area contributed by atoms with Gasteiger partial charge < -0.3 is 29.1 Å². The van der Waals surface area contributed by atoms with Crippen LogP contribution >= 0.6 is 0 Å². The Hall–Kier alpha value is -3.52. The van der Waals surface area contributed by atoms with E-state index in [1.807, 2.05) is 43.3 Å². The Balaban J connectivity index is 1.55. The number of esters is 1. The molecule has 212 valence electrons. The van der Waals surface area contributed by atoms with E-state index in [0.717, 1.165) is 36.1 Å². The lowest BCUT2D eigenvalue weighted by Gasteiger charge is -2.19. The zero-order valence-corrected chi connectivity index (χ0v) is 23.7. The van der Waals surface area contributed by atoms with Gasteiger partial charge in [0.25, 0.3) is 0 Å². The van der Waals surface area contributed by atoms with Gasteiger partial charge in [-0.05, 0) is 94.7 Å². The first-order valence-electron chi connectivity index (χ1n) is 13.5. The van der Waals surface area contributed by atoms with Crippen LogP contribution in [0.4, 0.5) is 0 Å². The van der Waals surface area contributed by atoms with Crippen LogP contribution in [0.1, 0.15) is 74.4 Å². The molecule has 0 fully saturated rings. The maximum absolute atomic E-state index is 12.8. The molecule has 0 saturated heterocycles. The standard InChI is InChI=1S/C31H41NO7/c1-21(8-6-16-31(2,3)35)32-28(33)15-12-23-18-25-26(20-39-29(25)27(19-23)37-5)30(34)38-17-7-9-22-10-13-24(36-4)14-11-22/h10-11,13-14,18-21,35H,6-9,12,15-17H2,1-5H3,(H,32,33). The first-order valence-corrected chi connectivity index (χ1v) is 13.5. The zero-order valence-electron chi connectivity index (χ0n) is 23.7. The van der Waals surface area contributed by atoms with E-state index < -0.39 is 11.6 Å². The molecule has 0 aliphatic carbocycles. The lowest BCUT2D eigenvalue weighted by Crippen LogP contribution is -2.33. The molecule has 0 radical (unpaired) electrons. The van der Waals surface area contributed by atoms with Gasteiger partial charge in [0.2, 0.25) is 5.91 Å². The smallest absolute Gasteiger partial charge is 0.342 e. The van der Waals surface area contributed by atoms with Crippen LogP contribution in [0.3, 0.4) is 0 Å². The van der Waals surface area contributed by atoms with Crippen LogP contribution in [0.2, 0.25) is 0 Å². The molecular weight excluding hydrogens is 498 g/mol. The van der Waals surface area contributed by atoms with E-state index >= 15 is 0 Å². The summed E-state index contributed by atoms with van der Waals surface area (Å²) in [7, 11) is 3.18. The fraction of sp³-hybridized carbons (Fsp3) is 0.484. The molecule has 0 spiro atoms. The Morgan fingerprint density at radius 1 is 1.03 bits per heavy atom. The Labute approximate surface area is 230 Å². The van der Waals surface area contributed by atoms with Gasteiger partial charge in [0.15, 0.2) is 11.3 Å². The Morgan fingerprint density at radius 2 is 1.77 bits per heavy atom. The highest BCUT2D eigenvalue weighted by Crippen LogP contribution is 2.32. The van der Waals surface area contributed by atoms with Crippen molar-refractivity contribution in [3.63, 3.8) is 0 Å². The number of aryl methyl sites for hydroxylation is 2. The monoisotopic (exact) mass is 539 g/mol. The Morgan fingerprint density at radius 3 is 2.44 bits per heavy atom. The fourth-order valence-corrected chi connectivity index (χ4v) is 4.45. The minimum absolute atomic E-state index is 0.0248. The second-order valence-electron chi connectivity index (χ2n) is 10.6. The molecule has 8 nitrogen and oxygen atoms in total. The predicted octanol–water partition coefficient (Wildman–Crippen LogP) is 5.62. The molecule has 39 heavy (non-hydrogen) atoms. The first kappa shape index (κ1) is 30.0. The van der Waals surface area contributed by atoms with Gasteiger partial charge in [-0.25, -0.2) is 4.79 Å². The minimum Gasteiger partial charge on any atom is -0.497 e.